The third-order valence-corrected chi connectivity index (χ3v) is 4.65. The lowest BCUT2D eigenvalue weighted by Crippen LogP contribution is -3.12. The molecular weight excluding hydrogens is 318 g/mol. The highest BCUT2D eigenvalue weighted by Gasteiger charge is 2.22. The quantitative estimate of drug-likeness (QED) is 0.783. The molecule has 4 heteroatoms. The number of rotatable bonds is 2. The van der Waals surface area contributed by atoms with E-state index in [1.807, 2.05) is 12.1 Å². The monoisotopic (exact) mass is 336 g/mol. The van der Waals surface area contributed by atoms with Crippen LogP contribution < -0.4 is 4.90 Å². The maximum absolute atomic E-state index is 10.2. The lowest BCUT2D eigenvalue weighted by Gasteiger charge is -2.27. The highest BCUT2D eigenvalue weighted by atomic mass is 79.9. The molecule has 0 amide bonds. The Morgan fingerprint density at radius 1 is 1.15 bits per heavy atom. The molecule has 0 unspecified atom stereocenters. The van der Waals surface area contributed by atoms with Crippen molar-refractivity contribution in [2.45, 2.75) is 25.5 Å². The van der Waals surface area contributed by atoms with Crippen LogP contribution in [0.15, 0.2) is 34.8 Å². The Morgan fingerprint density at radius 3 is 2.65 bits per heavy atom. The Labute approximate surface area is 127 Å². The number of benzene rings is 2. The van der Waals surface area contributed by atoms with E-state index in [0.717, 1.165) is 53.3 Å². The number of halogens is 1. The number of aliphatic hydroxyl groups excluding tert-OH is 1. The Bertz CT molecular complexity index is 621. The lowest BCUT2D eigenvalue weighted by atomic mass is 10.0. The number of aromatic hydroxyl groups is 1. The molecule has 0 radical (unpaired) electrons. The SMILES string of the molecule is Oc1ccc2cc(Br)ccc2c1C[NH+]1CCC(O)CC1. The summed E-state index contributed by atoms with van der Waals surface area (Å²) >= 11 is 3.49. The topological polar surface area (TPSA) is 44.9 Å². The molecule has 0 saturated carbocycles. The molecule has 2 aromatic rings. The second-order valence-corrected chi connectivity index (χ2v) is 6.50. The summed E-state index contributed by atoms with van der Waals surface area (Å²) < 4.78 is 1.05. The fraction of sp³-hybridized carbons (Fsp3) is 0.375. The highest BCUT2D eigenvalue weighted by molar-refractivity contribution is 9.10. The van der Waals surface area contributed by atoms with E-state index >= 15 is 0 Å². The number of aliphatic hydroxyl groups is 1. The molecule has 1 aliphatic heterocycles. The molecule has 3 rings (SSSR count). The number of likely N-dealkylation sites (tertiary alicyclic amines) is 1. The van der Waals surface area contributed by atoms with Crippen LogP contribution in [0.2, 0.25) is 0 Å². The van der Waals surface area contributed by atoms with Gasteiger partial charge in [-0.05, 0) is 29.0 Å². The van der Waals surface area contributed by atoms with Crippen molar-refractivity contribution in [3.8, 4) is 5.75 Å². The number of hydrogen-bond donors (Lipinski definition) is 3. The second kappa shape index (κ2) is 5.72. The molecular formula is C16H19BrNO2+. The molecule has 106 valence electrons. The normalized spacial score (nSPS) is 23.1. The van der Waals surface area contributed by atoms with Gasteiger partial charge in [0.25, 0.3) is 0 Å². The van der Waals surface area contributed by atoms with Gasteiger partial charge in [-0.15, -0.1) is 0 Å². The van der Waals surface area contributed by atoms with Crippen molar-refractivity contribution in [2.24, 2.45) is 0 Å². The minimum absolute atomic E-state index is 0.143. The lowest BCUT2D eigenvalue weighted by molar-refractivity contribution is -0.919. The van der Waals surface area contributed by atoms with Crippen LogP contribution in [0, 0.1) is 0 Å². The van der Waals surface area contributed by atoms with E-state index in [9.17, 15) is 10.2 Å². The van der Waals surface area contributed by atoms with Gasteiger partial charge in [0, 0.05) is 17.3 Å². The molecule has 20 heavy (non-hydrogen) atoms. The first-order chi connectivity index (χ1) is 9.63. The van der Waals surface area contributed by atoms with Gasteiger partial charge in [-0.1, -0.05) is 28.1 Å². The van der Waals surface area contributed by atoms with Crippen LogP contribution in [-0.4, -0.2) is 29.4 Å². The Morgan fingerprint density at radius 2 is 1.90 bits per heavy atom. The van der Waals surface area contributed by atoms with E-state index in [-0.39, 0.29) is 6.10 Å². The van der Waals surface area contributed by atoms with Gasteiger partial charge in [0.15, 0.2) is 0 Å². The molecule has 1 fully saturated rings. The predicted molar refractivity (Wildman–Crippen MR) is 83.0 cm³/mol. The molecule has 2 aromatic carbocycles. The third kappa shape index (κ3) is 2.82. The van der Waals surface area contributed by atoms with Crippen molar-refractivity contribution in [3.63, 3.8) is 0 Å². The van der Waals surface area contributed by atoms with Crippen molar-refractivity contribution < 1.29 is 15.1 Å². The maximum Gasteiger partial charge on any atom is 0.125 e. The minimum atomic E-state index is -0.143. The number of phenols is 1. The van der Waals surface area contributed by atoms with Gasteiger partial charge >= 0.3 is 0 Å². The van der Waals surface area contributed by atoms with Crippen molar-refractivity contribution in [3.05, 3.63) is 40.4 Å². The molecule has 3 nitrogen and oxygen atoms in total. The molecule has 1 aliphatic rings. The Hall–Kier alpha value is -1.10. The van der Waals surface area contributed by atoms with Crippen LogP contribution in [0.3, 0.4) is 0 Å². The number of nitrogens with one attached hydrogen (secondary N) is 1. The Kier molecular flexibility index (Phi) is 3.96. The fourth-order valence-corrected chi connectivity index (χ4v) is 3.36. The first-order valence-corrected chi connectivity index (χ1v) is 7.84. The Balaban J connectivity index is 1.92. The van der Waals surface area contributed by atoms with Gasteiger partial charge in [0.2, 0.25) is 0 Å². The van der Waals surface area contributed by atoms with Gasteiger partial charge in [0.1, 0.15) is 12.3 Å². The number of piperidine rings is 1. The van der Waals surface area contributed by atoms with E-state index in [1.54, 1.807) is 6.07 Å². The molecule has 0 atom stereocenters. The summed E-state index contributed by atoms with van der Waals surface area (Å²) in [5.41, 5.74) is 1.02. The summed E-state index contributed by atoms with van der Waals surface area (Å²) in [6, 6.07) is 9.89. The van der Waals surface area contributed by atoms with Gasteiger partial charge < -0.3 is 15.1 Å². The number of hydrogen-bond acceptors (Lipinski definition) is 2. The molecule has 1 saturated heterocycles. The minimum Gasteiger partial charge on any atom is -0.507 e. The van der Waals surface area contributed by atoms with E-state index < -0.39 is 0 Å². The van der Waals surface area contributed by atoms with Crippen molar-refractivity contribution >= 4 is 26.7 Å². The highest BCUT2D eigenvalue weighted by Crippen LogP contribution is 2.28. The summed E-state index contributed by atoms with van der Waals surface area (Å²) in [6.45, 7) is 2.75. The van der Waals surface area contributed by atoms with E-state index in [1.165, 1.54) is 4.90 Å². The van der Waals surface area contributed by atoms with Crippen LogP contribution in [0.4, 0.5) is 0 Å². The zero-order valence-electron chi connectivity index (χ0n) is 11.3. The average molecular weight is 337 g/mol. The molecule has 0 aromatic heterocycles. The van der Waals surface area contributed by atoms with E-state index in [2.05, 4.69) is 28.1 Å². The number of quaternary nitrogens is 1. The largest absolute Gasteiger partial charge is 0.507 e. The number of fused-ring (bicyclic) bond motifs is 1. The standard InChI is InChI=1S/C16H18BrNO2/c17-12-2-3-14-11(9-12)1-4-16(20)15(14)10-18-7-5-13(19)6-8-18/h1-4,9,13,19-20H,5-8,10H2/p+1. The van der Waals surface area contributed by atoms with Crippen LogP contribution >= 0.6 is 15.9 Å². The smallest absolute Gasteiger partial charge is 0.125 e. The van der Waals surface area contributed by atoms with Crippen molar-refractivity contribution in [2.75, 3.05) is 13.1 Å². The van der Waals surface area contributed by atoms with E-state index in [4.69, 9.17) is 0 Å². The van der Waals surface area contributed by atoms with Crippen molar-refractivity contribution in [1.82, 2.24) is 0 Å². The molecule has 0 spiro atoms. The maximum atomic E-state index is 10.2. The van der Waals surface area contributed by atoms with Gasteiger partial charge in [-0.3, -0.25) is 0 Å². The first-order valence-electron chi connectivity index (χ1n) is 7.05. The van der Waals surface area contributed by atoms with Crippen molar-refractivity contribution in [1.29, 1.82) is 0 Å². The second-order valence-electron chi connectivity index (χ2n) is 5.59. The van der Waals surface area contributed by atoms with Gasteiger partial charge in [0.05, 0.1) is 24.8 Å². The third-order valence-electron chi connectivity index (χ3n) is 4.16. The van der Waals surface area contributed by atoms with Crippen LogP contribution in [0.25, 0.3) is 10.8 Å². The predicted octanol–water partition coefficient (Wildman–Crippen LogP) is 1.85. The first kappa shape index (κ1) is 13.9. The van der Waals surface area contributed by atoms with Crippen LogP contribution in [0.1, 0.15) is 18.4 Å². The zero-order chi connectivity index (χ0) is 14.1. The van der Waals surface area contributed by atoms with E-state index in [0.29, 0.717) is 5.75 Å². The summed E-state index contributed by atoms with van der Waals surface area (Å²) in [6.07, 6.45) is 1.56. The van der Waals surface area contributed by atoms with Gasteiger partial charge in [-0.25, -0.2) is 0 Å². The average Bonchev–Trinajstić information content (AvgIpc) is 2.44. The van der Waals surface area contributed by atoms with Gasteiger partial charge in [-0.2, -0.15) is 0 Å². The zero-order valence-corrected chi connectivity index (χ0v) is 12.9. The fourth-order valence-electron chi connectivity index (χ4n) is 2.98. The summed E-state index contributed by atoms with van der Waals surface area (Å²) in [5.74, 6) is 0.374. The molecule has 3 N–H and O–H groups in total. The summed E-state index contributed by atoms with van der Waals surface area (Å²) in [7, 11) is 0. The summed E-state index contributed by atoms with van der Waals surface area (Å²) in [4.78, 5) is 1.43. The van der Waals surface area contributed by atoms with Crippen LogP contribution in [0.5, 0.6) is 5.75 Å². The molecule has 0 aliphatic carbocycles. The number of phenolic OH excluding ortho intramolecular Hbond substituents is 1. The molecule has 0 bridgehead atoms. The van der Waals surface area contributed by atoms with Crippen LogP contribution in [-0.2, 0) is 6.54 Å². The summed E-state index contributed by atoms with van der Waals surface area (Å²) in [5, 5.41) is 22.0. The molecule has 1 heterocycles.